The average molecular weight is 323 g/mol. The molecule has 2 heterocycles. The largest absolute Gasteiger partial charge is 0.313 e. The molecule has 0 saturated heterocycles. The van der Waals surface area contributed by atoms with Crippen molar-refractivity contribution in [3.63, 3.8) is 0 Å². The van der Waals surface area contributed by atoms with Crippen molar-refractivity contribution in [1.82, 2.24) is 20.1 Å². The van der Waals surface area contributed by atoms with Gasteiger partial charge in [-0.15, -0.1) is 0 Å². The highest BCUT2D eigenvalue weighted by Gasteiger charge is 2.18. The molecule has 19 heavy (non-hydrogen) atoms. The van der Waals surface area contributed by atoms with E-state index in [0.29, 0.717) is 0 Å². The van der Waals surface area contributed by atoms with Gasteiger partial charge in [0.25, 0.3) is 0 Å². The van der Waals surface area contributed by atoms with E-state index < -0.39 is 0 Å². The summed E-state index contributed by atoms with van der Waals surface area (Å²) in [5.74, 6) is 0. The molecule has 0 aromatic carbocycles. The predicted molar refractivity (Wildman–Crippen MR) is 80.1 cm³/mol. The lowest BCUT2D eigenvalue weighted by molar-refractivity contribution is 0.555. The fraction of sp³-hybridized carbons (Fsp3) is 0.429. The van der Waals surface area contributed by atoms with Crippen LogP contribution < -0.4 is 5.32 Å². The van der Waals surface area contributed by atoms with Crippen LogP contribution in [0.4, 0.5) is 0 Å². The van der Waals surface area contributed by atoms with Crippen LogP contribution in [0.15, 0.2) is 22.8 Å². The Hall–Kier alpha value is -1.20. The molecule has 1 atom stereocenters. The van der Waals surface area contributed by atoms with Gasteiger partial charge in [0.05, 0.1) is 15.9 Å². The third-order valence-electron chi connectivity index (χ3n) is 3.43. The average Bonchev–Trinajstić information content (AvgIpc) is 2.63. The molecular weight excluding hydrogens is 304 g/mol. The van der Waals surface area contributed by atoms with E-state index in [9.17, 15) is 0 Å². The number of pyridine rings is 1. The van der Waals surface area contributed by atoms with Crippen molar-refractivity contribution < 1.29 is 0 Å². The Morgan fingerprint density at radius 3 is 2.63 bits per heavy atom. The van der Waals surface area contributed by atoms with Crippen LogP contribution in [0.3, 0.4) is 0 Å². The monoisotopic (exact) mass is 322 g/mol. The highest BCUT2D eigenvalue weighted by Crippen LogP contribution is 2.26. The van der Waals surface area contributed by atoms with Gasteiger partial charge in [-0.3, -0.25) is 9.67 Å². The Morgan fingerprint density at radius 2 is 2.11 bits per heavy atom. The van der Waals surface area contributed by atoms with Gasteiger partial charge in [0.1, 0.15) is 0 Å². The molecule has 0 saturated carbocycles. The Bertz CT molecular complexity index is 577. The van der Waals surface area contributed by atoms with Crippen LogP contribution in [0.25, 0.3) is 0 Å². The number of nitrogens with one attached hydrogen (secondary N) is 1. The van der Waals surface area contributed by atoms with Crippen molar-refractivity contribution in [3.8, 4) is 0 Å². The summed E-state index contributed by atoms with van der Waals surface area (Å²) in [4.78, 5) is 4.37. The molecule has 5 heteroatoms. The van der Waals surface area contributed by atoms with Gasteiger partial charge in [0.2, 0.25) is 0 Å². The zero-order valence-electron chi connectivity index (χ0n) is 11.7. The number of aromatic nitrogens is 3. The molecule has 0 amide bonds. The van der Waals surface area contributed by atoms with E-state index in [2.05, 4.69) is 37.4 Å². The van der Waals surface area contributed by atoms with Crippen LogP contribution in [0.5, 0.6) is 0 Å². The van der Waals surface area contributed by atoms with Crippen LogP contribution in [0, 0.1) is 13.8 Å². The van der Waals surface area contributed by atoms with Crippen LogP contribution in [-0.2, 0) is 13.5 Å². The van der Waals surface area contributed by atoms with E-state index in [-0.39, 0.29) is 6.04 Å². The van der Waals surface area contributed by atoms with Crippen molar-refractivity contribution >= 4 is 15.9 Å². The zero-order valence-corrected chi connectivity index (χ0v) is 13.3. The number of hydrogen-bond donors (Lipinski definition) is 1. The lowest BCUT2D eigenvalue weighted by Crippen LogP contribution is -2.21. The highest BCUT2D eigenvalue weighted by molar-refractivity contribution is 9.10. The molecule has 2 rings (SSSR count). The summed E-state index contributed by atoms with van der Waals surface area (Å²) in [7, 11) is 3.96. The second-order valence-electron chi connectivity index (χ2n) is 4.69. The molecule has 0 aliphatic carbocycles. The van der Waals surface area contributed by atoms with E-state index >= 15 is 0 Å². The summed E-state index contributed by atoms with van der Waals surface area (Å²) in [6.45, 7) is 4.06. The Labute approximate surface area is 122 Å². The number of halogens is 1. The van der Waals surface area contributed by atoms with Gasteiger partial charge in [0.15, 0.2) is 0 Å². The van der Waals surface area contributed by atoms with Gasteiger partial charge in [-0.25, -0.2) is 0 Å². The summed E-state index contributed by atoms with van der Waals surface area (Å²) >= 11 is 3.62. The Kier molecular flexibility index (Phi) is 4.37. The minimum atomic E-state index is 0.236. The molecule has 0 spiro atoms. The smallest absolute Gasteiger partial charge is 0.0738 e. The van der Waals surface area contributed by atoms with E-state index in [0.717, 1.165) is 22.3 Å². The SMILES string of the molecule is CNC(Cc1c(Br)c(C)nn1C)c1cccnc1C. The molecule has 2 aromatic rings. The first kappa shape index (κ1) is 14.2. The van der Waals surface area contributed by atoms with Crippen LogP contribution in [0.1, 0.15) is 28.7 Å². The molecule has 0 radical (unpaired) electrons. The quantitative estimate of drug-likeness (QED) is 0.941. The first-order chi connectivity index (χ1) is 9.04. The molecule has 102 valence electrons. The number of likely N-dealkylation sites (N-methyl/N-ethyl adjacent to an activating group) is 1. The first-order valence-electron chi connectivity index (χ1n) is 6.31. The first-order valence-corrected chi connectivity index (χ1v) is 7.10. The van der Waals surface area contributed by atoms with Crippen molar-refractivity contribution in [2.24, 2.45) is 7.05 Å². The van der Waals surface area contributed by atoms with Crippen molar-refractivity contribution in [2.75, 3.05) is 7.05 Å². The zero-order chi connectivity index (χ0) is 14.0. The third-order valence-corrected chi connectivity index (χ3v) is 4.46. The summed E-state index contributed by atoms with van der Waals surface area (Å²) < 4.78 is 3.03. The summed E-state index contributed by atoms with van der Waals surface area (Å²) in [5.41, 5.74) is 4.52. The fourth-order valence-corrected chi connectivity index (χ4v) is 2.83. The maximum atomic E-state index is 4.44. The Balaban J connectivity index is 2.32. The van der Waals surface area contributed by atoms with Gasteiger partial charge in [-0.05, 0) is 48.5 Å². The lowest BCUT2D eigenvalue weighted by Gasteiger charge is -2.18. The second-order valence-corrected chi connectivity index (χ2v) is 5.49. The molecule has 0 aliphatic rings. The maximum Gasteiger partial charge on any atom is 0.0738 e. The van der Waals surface area contributed by atoms with Crippen molar-refractivity contribution in [3.05, 3.63) is 45.4 Å². The van der Waals surface area contributed by atoms with E-state index in [1.807, 2.05) is 44.9 Å². The summed E-state index contributed by atoms with van der Waals surface area (Å²) in [6.07, 6.45) is 2.71. The van der Waals surface area contributed by atoms with Crippen molar-refractivity contribution in [1.29, 1.82) is 0 Å². The van der Waals surface area contributed by atoms with E-state index in [1.54, 1.807) is 0 Å². The molecule has 0 bridgehead atoms. The molecule has 0 fully saturated rings. The van der Waals surface area contributed by atoms with E-state index in [4.69, 9.17) is 0 Å². The summed E-state index contributed by atoms with van der Waals surface area (Å²) in [6, 6.07) is 4.34. The normalized spacial score (nSPS) is 12.7. The molecule has 2 aromatic heterocycles. The molecular formula is C14H19BrN4. The molecule has 4 nitrogen and oxygen atoms in total. The lowest BCUT2D eigenvalue weighted by atomic mass is 10.0. The van der Waals surface area contributed by atoms with Gasteiger partial charge in [-0.1, -0.05) is 6.07 Å². The molecule has 1 unspecified atom stereocenters. The fourth-order valence-electron chi connectivity index (χ4n) is 2.33. The van der Waals surface area contributed by atoms with Gasteiger partial charge in [-0.2, -0.15) is 5.10 Å². The third kappa shape index (κ3) is 2.87. The maximum absolute atomic E-state index is 4.44. The van der Waals surface area contributed by atoms with E-state index in [1.165, 1.54) is 11.3 Å². The topological polar surface area (TPSA) is 42.7 Å². The van der Waals surface area contributed by atoms with Gasteiger partial charge < -0.3 is 5.32 Å². The van der Waals surface area contributed by atoms with Crippen LogP contribution in [-0.4, -0.2) is 21.8 Å². The number of nitrogens with zero attached hydrogens (tertiary/aromatic N) is 3. The van der Waals surface area contributed by atoms with Crippen molar-refractivity contribution in [2.45, 2.75) is 26.3 Å². The van der Waals surface area contributed by atoms with Crippen LogP contribution in [0.2, 0.25) is 0 Å². The standard InChI is InChI=1S/C14H19BrN4/c1-9-11(6-5-7-17-9)12(16-3)8-13-14(15)10(2)18-19(13)4/h5-7,12,16H,8H2,1-4H3. The molecule has 1 N–H and O–H groups in total. The number of hydrogen-bond acceptors (Lipinski definition) is 3. The number of aryl methyl sites for hydroxylation is 3. The number of rotatable bonds is 4. The van der Waals surface area contributed by atoms with Gasteiger partial charge >= 0.3 is 0 Å². The second kappa shape index (κ2) is 5.84. The minimum Gasteiger partial charge on any atom is -0.313 e. The predicted octanol–water partition coefficient (Wildman–Crippen LogP) is 2.70. The Morgan fingerprint density at radius 1 is 1.37 bits per heavy atom. The highest BCUT2D eigenvalue weighted by atomic mass is 79.9. The summed E-state index contributed by atoms with van der Waals surface area (Å²) in [5, 5.41) is 7.81. The van der Waals surface area contributed by atoms with Crippen LogP contribution >= 0.6 is 15.9 Å². The van der Waals surface area contributed by atoms with Gasteiger partial charge in [0, 0.05) is 31.4 Å². The molecule has 0 aliphatic heterocycles. The minimum absolute atomic E-state index is 0.236.